The molecule has 1 heterocycles. The molecule has 4 nitrogen and oxygen atoms in total. The Morgan fingerprint density at radius 3 is 2.85 bits per heavy atom. The van der Waals surface area contributed by atoms with Gasteiger partial charge in [-0.25, -0.2) is 4.79 Å². The fourth-order valence-electron chi connectivity index (χ4n) is 2.58. The van der Waals surface area contributed by atoms with Crippen LogP contribution in [0.25, 0.3) is 21.7 Å². The summed E-state index contributed by atoms with van der Waals surface area (Å²) in [5.74, 6) is -0.278. The Bertz CT molecular complexity index is 790. The monoisotopic (exact) mass is 268 g/mol. The van der Waals surface area contributed by atoms with E-state index >= 15 is 0 Å². The maximum absolute atomic E-state index is 12.1. The van der Waals surface area contributed by atoms with Crippen LogP contribution in [0.1, 0.15) is 24.2 Å². The van der Waals surface area contributed by atoms with E-state index < -0.39 is 0 Å². The summed E-state index contributed by atoms with van der Waals surface area (Å²) >= 11 is 0. The summed E-state index contributed by atoms with van der Waals surface area (Å²) in [6.45, 7) is 5.03. The molecule has 3 aromatic rings. The third kappa shape index (κ3) is 1.84. The molecule has 102 valence electrons. The van der Waals surface area contributed by atoms with Gasteiger partial charge in [0.15, 0.2) is 0 Å². The number of hydrogen-bond acceptors (Lipinski definition) is 3. The Morgan fingerprint density at radius 1 is 1.30 bits per heavy atom. The van der Waals surface area contributed by atoms with E-state index in [0.29, 0.717) is 12.2 Å². The third-order valence-electron chi connectivity index (χ3n) is 3.44. The van der Waals surface area contributed by atoms with Crippen LogP contribution in [0.15, 0.2) is 36.5 Å². The highest BCUT2D eigenvalue weighted by molar-refractivity contribution is 6.18. The molecule has 0 N–H and O–H groups in total. The average Bonchev–Trinajstić information content (AvgIpc) is 2.67. The van der Waals surface area contributed by atoms with Crippen molar-refractivity contribution in [2.24, 2.45) is 0 Å². The van der Waals surface area contributed by atoms with Crippen molar-refractivity contribution < 1.29 is 9.53 Å². The largest absolute Gasteiger partial charge is 0.462 e. The smallest absolute Gasteiger partial charge is 0.338 e. The fourth-order valence-corrected chi connectivity index (χ4v) is 2.58. The maximum Gasteiger partial charge on any atom is 0.338 e. The van der Waals surface area contributed by atoms with E-state index in [-0.39, 0.29) is 5.97 Å². The molecule has 0 aliphatic carbocycles. The van der Waals surface area contributed by atoms with Crippen LogP contribution in [-0.2, 0) is 11.3 Å². The van der Waals surface area contributed by atoms with Gasteiger partial charge < -0.3 is 4.74 Å². The molecule has 2 aromatic carbocycles. The molecule has 0 amide bonds. The van der Waals surface area contributed by atoms with Crippen LogP contribution in [0, 0.1) is 0 Å². The zero-order chi connectivity index (χ0) is 14.1. The lowest BCUT2D eigenvalue weighted by molar-refractivity contribution is 0.0529. The summed E-state index contributed by atoms with van der Waals surface area (Å²) in [4.78, 5) is 12.1. The van der Waals surface area contributed by atoms with E-state index in [1.807, 2.05) is 48.1 Å². The van der Waals surface area contributed by atoms with Crippen molar-refractivity contribution in [1.29, 1.82) is 0 Å². The van der Waals surface area contributed by atoms with E-state index in [2.05, 4.69) is 12.0 Å². The van der Waals surface area contributed by atoms with Crippen molar-refractivity contribution in [2.45, 2.75) is 20.4 Å². The number of aryl methyl sites for hydroxylation is 1. The van der Waals surface area contributed by atoms with E-state index in [0.717, 1.165) is 28.2 Å². The summed E-state index contributed by atoms with van der Waals surface area (Å²) in [7, 11) is 0. The predicted molar refractivity (Wildman–Crippen MR) is 78.9 cm³/mol. The molecular formula is C16H16N2O2. The van der Waals surface area contributed by atoms with Gasteiger partial charge in [-0.1, -0.05) is 18.2 Å². The van der Waals surface area contributed by atoms with Crippen LogP contribution in [0.5, 0.6) is 0 Å². The highest BCUT2D eigenvalue weighted by atomic mass is 16.5. The molecule has 0 aliphatic rings. The lowest BCUT2D eigenvalue weighted by Crippen LogP contribution is -2.03. The quantitative estimate of drug-likeness (QED) is 0.684. The van der Waals surface area contributed by atoms with Gasteiger partial charge in [0.25, 0.3) is 0 Å². The Morgan fingerprint density at radius 2 is 2.10 bits per heavy atom. The minimum Gasteiger partial charge on any atom is -0.462 e. The second kappa shape index (κ2) is 4.96. The Labute approximate surface area is 117 Å². The van der Waals surface area contributed by atoms with Gasteiger partial charge in [0, 0.05) is 17.3 Å². The predicted octanol–water partition coefficient (Wildman–Crippen LogP) is 3.39. The SMILES string of the molecule is CCOC(=O)c1cc2cnn(CC)c3ccccc1c23. The second-order valence-electron chi connectivity index (χ2n) is 4.59. The molecular weight excluding hydrogens is 252 g/mol. The molecule has 0 unspecified atom stereocenters. The van der Waals surface area contributed by atoms with E-state index in [9.17, 15) is 4.79 Å². The molecule has 20 heavy (non-hydrogen) atoms. The number of hydrogen-bond donors (Lipinski definition) is 0. The Hall–Kier alpha value is -2.36. The number of esters is 1. The molecule has 0 bridgehead atoms. The molecule has 0 fully saturated rings. The highest BCUT2D eigenvalue weighted by Crippen LogP contribution is 2.30. The van der Waals surface area contributed by atoms with Crippen LogP contribution in [-0.4, -0.2) is 22.4 Å². The minimum atomic E-state index is -0.278. The summed E-state index contributed by atoms with van der Waals surface area (Å²) in [6, 6.07) is 9.76. The second-order valence-corrected chi connectivity index (χ2v) is 4.59. The van der Waals surface area contributed by atoms with Crippen LogP contribution in [0.4, 0.5) is 0 Å². The van der Waals surface area contributed by atoms with Crippen molar-refractivity contribution in [1.82, 2.24) is 9.78 Å². The van der Waals surface area contributed by atoms with Crippen molar-refractivity contribution in [3.8, 4) is 0 Å². The van der Waals surface area contributed by atoms with Crippen LogP contribution in [0.2, 0.25) is 0 Å². The first-order chi connectivity index (χ1) is 9.76. The first kappa shape index (κ1) is 12.7. The highest BCUT2D eigenvalue weighted by Gasteiger charge is 2.16. The third-order valence-corrected chi connectivity index (χ3v) is 3.44. The normalized spacial score (nSPS) is 11.1. The lowest BCUT2D eigenvalue weighted by Gasteiger charge is -2.05. The van der Waals surface area contributed by atoms with Crippen LogP contribution >= 0.6 is 0 Å². The van der Waals surface area contributed by atoms with Gasteiger partial charge in [0.1, 0.15) is 0 Å². The van der Waals surface area contributed by atoms with Crippen molar-refractivity contribution >= 4 is 27.6 Å². The zero-order valence-corrected chi connectivity index (χ0v) is 11.6. The van der Waals surface area contributed by atoms with Gasteiger partial charge >= 0.3 is 5.97 Å². The van der Waals surface area contributed by atoms with Gasteiger partial charge in [-0.3, -0.25) is 4.68 Å². The van der Waals surface area contributed by atoms with E-state index in [4.69, 9.17) is 4.74 Å². The fraction of sp³-hybridized carbons (Fsp3) is 0.250. The minimum absolute atomic E-state index is 0.278. The number of rotatable bonds is 3. The van der Waals surface area contributed by atoms with Gasteiger partial charge in [-0.15, -0.1) is 0 Å². The topological polar surface area (TPSA) is 44.1 Å². The van der Waals surface area contributed by atoms with Gasteiger partial charge in [0.2, 0.25) is 0 Å². The first-order valence-electron chi connectivity index (χ1n) is 6.80. The van der Waals surface area contributed by atoms with Crippen molar-refractivity contribution in [2.75, 3.05) is 6.61 Å². The van der Waals surface area contributed by atoms with Crippen molar-refractivity contribution in [3.63, 3.8) is 0 Å². The lowest BCUT2D eigenvalue weighted by atomic mass is 10.2. The number of ether oxygens (including phenoxy) is 1. The zero-order valence-electron chi connectivity index (χ0n) is 11.6. The van der Waals surface area contributed by atoms with Gasteiger partial charge in [-0.05, 0) is 31.4 Å². The first-order valence-corrected chi connectivity index (χ1v) is 6.80. The molecule has 1 aromatic heterocycles. The maximum atomic E-state index is 12.1. The molecule has 4 heteroatoms. The molecule has 0 saturated heterocycles. The molecule has 0 radical (unpaired) electrons. The molecule has 3 rings (SSSR count). The number of aromatic nitrogens is 2. The van der Waals surface area contributed by atoms with E-state index in [1.165, 1.54) is 0 Å². The number of carbonyl (C=O) groups is 1. The average molecular weight is 268 g/mol. The Balaban J connectivity index is 2.40. The molecule has 0 saturated carbocycles. The van der Waals surface area contributed by atoms with Crippen LogP contribution in [0.3, 0.4) is 0 Å². The standard InChI is InChI=1S/C16H16N2O2/c1-3-18-14-8-6-5-7-12-13(16(19)20-4-2)9-11(10-17-18)15(12)14/h5-10H,3-4H2,1-2H3. The van der Waals surface area contributed by atoms with E-state index in [1.54, 1.807) is 0 Å². The van der Waals surface area contributed by atoms with Gasteiger partial charge in [-0.2, -0.15) is 5.10 Å². The van der Waals surface area contributed by atoms with Crippen molar-refractivity contribution in [3.05, 3.63) is 42.1 Å². The number of carbonyl (C=O) groups excluding carboxylic acids is 1. The molecule has 0 spiro atoms. The van der Waals surface area contributed by atoms with Crippen LogP contribution < -0.4 is 0 Å². The summed E-state index contributed by atoms with van der Waals surface area (Å²) in [6.07, 6.45) is 1.81. The Kier molecular flexibility index (Phi) is 3.14. The summed E-state index contributed by atoms with van der Waals surface area (Å²) in [5.41, 5.74) is 1.64. The molecule has 0 aliphatic heterocycles. The van der Waals surface area contributed by atoms with Gasteiger partial charge in [0.05, 0.1) is 23.9 Å². The summed E-state index contributed by atoms with van der Waals surface area (Å²) in [5, 5.41) is 7.37. The molecule has 0 atom stereocenters. The number of nitrogens with zero attached hydrogens (tertiary/aromatic N) is 2. The summed E-state index contributed by atoms with van der Waals surface area (Å²) < 4.78 is 7.08.